The molecule has 0 fully saturated rings. The van der Waals surface area contributed by atoms with Crippen molar-refractivity contribution in [2.45, 2.75) is 0 Å². The van der Waals surface area contributed by atoms with Crippen LogP contribution in [0.5, 0.6) is 0 Å². The van der Waals surface area contributed by atoms with Gasteiger partial charge in [-0.25, -0.2) is 0 Å². The van der Waals surface area contributed by atoms with E-state index in [0.717, 1.165) is 0 Å². The van der Waals surface area contributed by atoms with E-state index >= 15 is 0 Å². The van der Waals surface area contributed by atoms with Gasteiger partial charge in [0.15, 0.2) is 0 Å². The Labute approximate surface area is 198 Å². The fourth-order valence-corrected chi connectivity index (χ4v) is 1.84. The van der Waals surface area contributed by atoms with E-state index in [2.05, 4.69) is 12.9 Å². The molecule has 15 nitrogen and oxygen atoms in total. The van der Waals surface area contributed by atoms with Crippen molar-refractivity contribution in [1.29, 1.82) is 0 Å². The summed E-state index contributed by atoms with van der Waals surface area (Å²) in [5.41, 5.74) is 0. The van der Waals surface area contributed by atoms with Crippen LogP contribution in [0.4, 0.5) is 0 Å². The topological polar surface area (TPSA) is 268 Å². The Kier molecular flexibility index (Phi) is 41.9. The third-order valence-corrected chi connectivity index (χ3v) is 4.50. The Morgan fingerprint density at radius 2 is 0.478 bits per heavy atom. The molecule has 0 saturated heterocycles. The molecule has 134 valence electrons. The van der Waals surface area contributed by atoms with E-state index in [9.17, 15) is 56.8 Å². The van der Waals surface area contributed by atoms with Crippen LogP contribution in [0, 0.1) is 81.7 Å². The molecule has 0 aromatic rings. The minimum Gasteiger partial charge on any atom is -0.781 e. The van der Waals surface area contributed by atoms with Crippen molar-refractivity contribution in [2.75, 3.05) is 0 Å². The van der Waals surface area contributed by atoms with Crippen LogP contribution in [0.1, 0.15) is 0 Å². The van der Waals surface area contributed by atoms with E-state index in [4.69, 9.17) is 0 Å². The van der Waals surface area contributed by atoms with Gasteiger partial charge in [0.1, 0.15) is 49.5 Å². The Hall–Kier alpha value is 3.72. The molecule has 0 rings (SSSR count). The zero-order valence-electron chi connectivity index (χ0n) is 10.1. The quantitative estimate of drug-likeness (QED) is 0.234. The monoisotopic (exact) mass is 716 g/mol. The molecule has 0 spiro atoms. The molecular formula is H6Nd2O15P6. The van der Waals surface area contributed by atoms with Crippen LogP contribution in [-0.4, -0.2) is 0 Å². The molecule has 6 atom stereocenters. The first-order valence-electron chi connectivity index (χ1n) is 3.67. The summed E-state index contributed by atoms with van der Waals surface area (Å²) in [6.45, 7) is 0. The van der Waals surface area contributed by atoms with Gasteiger partial charge in [0, 0.05) is 0 Å². The summed E-state index contributed by atoms with van der Waals surface area (Å²) in [5, 5.41) is 0. The van der Waals surface area contributed by atoms with Gasteiger partial charge in [-0.1, -0.05) is 0 Å². The van der Waals surface area contributed by atoms with Gasteiger partial charge in [-0.2, -0.15) is 0 Å². The summed E-state index contributed by atoms with van der Waals surface area (Å²) in [6.07, 6.45) is 0. The van der Waals surface area contributed by atoms with Crippen LogP contribution in [0.2, 0.25) is 0 Å². The molecule has 0 amide bonds. The van der Waals surface area contributed by atoms with Gasteiger partial charge in [-0.05, 0) is 0 Å². The molecule has 0 heterocycles. The summed E-state index contributed by atoms with van der Waals surface area (Å²) in [5.74, 6) is 0. The maximum atomic E-state index is 9.29. The van der Waals surface area contributed by atoms with Crippen LogP contribution >= 0.6 is 49.5 Å². The van der Waals surface area contributed by atoms with E-state index in [1.165, 1.54) is 0 Å². The summed E-state index contributed by atoms with van der Waals surface area (Å²) < 4.78 is 65.4. The second-order valence-electron chi connectivity index (χ2n) is 1.81. The third-order valence-electron chi connectivity index (χ3n) is 0.500. The first-order valence-corrected chi connectivity index (χ1v) is 11.0. The maximum Gasteiger partial charge on any atom is 3.00 e. The second kappa shape index (κ2) is 25.7. The Bertz CT molecular complexity index is 318. The van der Waals surface area contributed by atoms with Crippen molar-refractivity contribution in [3.63, 3.8) is 0 Å². The van der Waals surface area contributed by atoms with Gasteiger partial charge in [-0.3, -0.25) is 12.9 Å². The molecule has 0 aliphatic rings. The van der Waals surface area contributed by atoms with Crippen molar-refractivity contribution in [3.8, 4) is 0 Å². The average molecular weight is 720 g/mol. The minimum atomic E-state index is -3.51. The maximum absolute atomic E-state index is 9.29. The Morgan fingerprint density at radius 1 is 0.391 bits per heavy atom. The van der Waals surface area contributed by atoms with Crippen molar-refractivity contribution in [2.24, 2.45) is 0 Å². The molecule has 0 aliphatic heterocycles. The van der Waals surface area contributed by atoms with Crippen molar-refractivity contribution in [3.05, 3.63) is 0 Å². The van der Waals surface area contributed by atoms with Gasteiger partial charge in [0.05, 0.1) is 0 Å². The van der Waals surface area contributed by atoms with Gasteiger partial charge < -0.3 is 56.8 Å². The summed E-state index contributed by atoms with van der Waals surface area (Å²) in [6, 6.07) is 0. The number of hydrogen-bond acceptors (Lipinski definition) is 15. The molecule has 0 N–H and O–H groups in total. The first-order chi connectivity index (χ1) is 9.38. The van der Waals surface area contributed by atoms with Crippen LogP contribution in [0.15, 0.2) is 0 Å². The number of rotatable bonds is 6. The van der Waals surface area contributed by atoms with Crippen LogP contribution in [0.25, 0.3) is 0 Å². The minimum absolute atomic E-state index is 0. The smallest absolute Gasteiger partial charge is 0.781 e. The largest absolute Gasteiger partial charge is 3.00 e. The van der Waals surface area contributed by atoms with Gasteiger partial charge in [0.25, 0.3) is 0 Å². The van der Waals surface area contributed by atoms with Gasteiger partial charge in [-0.15, -0.1) is 0 Å². The summed E-state index contributed by atoms with van der Waals surface area (Å²) >= 11 is 0. The predicted octanol–water partition coefficient (Wildman–Crippen LogP) is -4.49. The average Bonchev–Trinajstić information content (AvgIpc) is 2.10. The molecule has 23 heteroatoms. The molecule has 0 aliphatic carbocycles. The fraction of sp³-hybridized carbons (Fsp3) is 0. The first kappa shape index (κ1) is 37.5. The van der Waals surface area contributed by atoms with E-state index < -0.39 is 49.5 Å². The molecule has 0 bridgehead atoms. The van der Waals surface area contributed by atoms with E-state index in [0.29, 0.717) is 0 Å². The molecule has 6 unspecified atom stereocenters. The molecule has 2 radical (unpaired) electrons. The zero-order valence-corrected chi connectivity index (χ0v) is 22.5. The van der Waals surface area contributed by atoms with E-state index in [-0.39, 0.29) is 81.7 Å². The fourth-order valence-electron chi connectivity index (χ4n) is 0.204. The van der Waals surface area contributed by atoms with Crippen LogP contribution in [-0.2, 0) is 40.3 Å². The molecular weight excluding hydrogens is 714 g/mol. The van der Waals surface area contributed by atoms with Gasteiger partial charge in [0.2, 0.25) is 0 Å². The Balaban J connectivity index is -0.0000000675. The predicted molar refractivity (Wildman–Crippen MR) is 57.3 cm³/mol. The van der Waals surface area contributed by atoms with Crippen LogP contribution in [0.3, 0.4) is 0 Å². The van der Waals surface area contributed by atoms with E-state index in [1.54, 1.807) is 0 Å². The number of hydrogen-bond donors (Lipinski definition) is 0. The molecule has 23 heavy (non-hydrogen) atoms. The van der Waals surface area contributed by atoms with Crippen molar-refractivity contribution < 1.29 is 151 Å². The van der Waals surface area contributed by atoms with Crippen molar-refractivity contribution >= 4 is 49.5 Å². The standard InChI is InChI=1S/2Nd.3H4O5P2/c;;3*1-6(2)5-7(3)4/h;;3*6-7H,(H,1,2)(H,3,4)/q2*+3;;;/p-6. The Morgan fingerprint density at radius 3 is 0.478 bits per heavy atom. The zero-order chi connectivity index (χ0) is 17.6. The van der Waals surface area contributed by atoms with Crippen LogP contribution < -0.4 is 29.4 Å². The summed E-state index contributed by atoms with van der Waals surface area (Å²) in [4.78, 5) is 55.7. The van der Waals surface area contributed by atoms with Gasteiger partial charge >= 0.3 is 81.7 Å². The molecule has 0 aromatic heterocycles. The second-order valence-corrected chi connectivity index (χ2v) is 7.26. The SMILES string of the molecule is O=[PH]([O-])O[PH](=O)[O-].O=[PH]([O-])O[PH](=O)[O-].O=[PH]([O-])O[PH](=O)[O-].[Nd+3].[Nd+3]. The normalized spacial score (nSPS) is 17.0. The molecule has 0 aromatic carbocycles. The molecule has 0 saturated carbocycles. The van der Waals surface area contributed by atoms with Crippen molar-refractivity contribution in [1.82, 2.24) is 0 Å². The summed E-state index contributed by atoms with van der Waals surface area (Å²) in [7, 11) is -21.1. The third kappa shape index (κ3) is 58.6. The van der Waals surface area contributed by atoms with E-state index in [1.807, 2.05) is 0 Å².